The van der Waals surface area contributed by atoms with Crippen LogP contribution < -0.4 is 10.2 Å². The molecule has 2 fully saturated rings. The highest BCUT2D eigenvalue weighted by atomic mass is 19.4. The molecule has 2 aliphatic rings. The number of rotatable bonds is 3. The molecule has 0 spiro atoms. The van der Waals surface area contributed by atoms with Crippen LogP contribution in [0.2, 0.25) is 0 Å². The Morgan fingerprint density at radius 3 is 2.79 bits per heavy atom. The molecule has 2 aliphatic heterocycles. The number of anilines is 1. The highest BCUT2D eigenvalue weighted by Gasteiger charge is 2.39. The van der Waals surface area contributed by atoms with Crippen molar-refractivity contribution in [3.05, 3.63) is 18.0 Å². The predicted octanol–water partition coefficient (Wildman–Crippen LogP) is 0.999. The van der Waals surface area contributed by atoms with E-state index in [1.165, 1.54) is 0 Å². The Kier molecular flexibility index (Phi) is 4.62. The van der Waals surface area contributed by atoms with Gasteiger partial charge in [0.1, 0.15) is 5.69 Å². The molecule has 3 rings (SSSR count). The van der Waals surface area contributed by atoms with Crippen LogP contribution in [0.25, 0.3) is 0 Å². The summed E-state index contributed by atoms with van der Waals surface area (Å²) in [6, 6.07) is 0.887. The number of piperidine rings is 1. The number of likely N-dealkylation sites (tertiary alicyclic amines) is 1. The summed E-state index contributed by atoms with van der Waals surface area (Å²) < 4.78 is 38.4. The first-order valence-electron chi connectivity index (χ1n) is 7.95. The number of nitrogens with zero attached hydrogens (tertiary/aromatic N) is 4. The smallest absolute Gasteiger partial charge is 0.358 e. The lowest BCUT2D eigenvalue weighted by Crippen LogP contribution is -2.44. The van der Waals surface area contributed by atoms with Crippen LogP contribution in [0.4, 0.5) is 19.1 Å². The van der Waals surface area contributed by atoms with E-state index in [1.807, 2.05) is 4.90 Å². The van der Waals surface area contributed by atoms with Crippen LogP contribution >= 0.6 is 0 Å². The number of fused-ring (bicyclic) bond motifs is 1. The first kappa shape index (κ1) is 16.9. The molecule has 1 aromatic rings. The molecule has 0 bridgehead atoms. The summed E-state index contributed by atoms with van der Waals surface area (Å²) in [6.45, 7) is 3.25. The summed E-state index contributed by atoms with van der Waals surface area (Å²) in [5.41, 5.74) is -0.913. The molecule has 9 heteroatoms. The molecule has 0 saturated carbocycles. The van der Waals surface area contributed by atoms with Crippen LogP contribution in [0.5, 0.6) is 0 Å². The zero-order valence-electron chi connectivity index (χ0n) is 13.4. The largest absolute Gasteiger partial charge is 0.433 e. The zero-order valence-corrected chi connectivity index (χ0v) is 13.4. The van der Waals surface area contributed by atoms with E-state index >= 15 is 0 Å². The highest BCUT2D eigenvalue weighted by Crippen LogP contribution is 2.34. The summed E-state index contributed by atoms with van der Waals surface area (Å²) >= 11 is 0. The highest BCUT2D eigenvalue weighted by molar-refractivity contribution is 5.77. The average Bonchev–Trinajstić information content (AvgIpc) is 2.97. The second-order valence-corrected chi connectivity index (χ2v) is 6.36. The van der Waals surface area contributed by atoms with Crippen molar-refractivity contribution in [2.24, 2.45) is 11.8 Å². The van der Waals surface area contributed by atoms with Gasteiger partial charge in [-0.2, -0.15) is 13.2 Å². The van der Waals surface area contributed by atoms with Crippen LogP contribution in [-0.2, 0) is 11.0 Å². The molecule has 2 saturated heterocycles. The molecule has 6 nitrogen and oxygen atoms in total. The number of hydrogen-bond acceptors (Lipinski definition) is 5. The second kappa shape index (κ2) is 6.54. The maximum Gasteiger partial charge on any atom is 0.433 e. The maximum atomic E-state index is 12.8. The number of likely N-dealkylation sites (N-methyl/N-ethyl adjacent to an activating group) is 1. The number of hydrogen-bond donors (Lipinski definition) is 1. The van der Waals surface area contributed by atoms with Crippen LogP contribution in [-0.4, -0.2) is 60.5 Å². The Balaban J connectivity index is 1.66. The molecule has 1 aromatic heterocycles. The van der Waals surface area contributed by atoms with Crippen LogP contribution in [0.1, 0.15) is 12.1 Å². The number of carbonyl (C=O) groups excluding carboxylic acids is 1. The normalized spacial score (nSPS) is 24.8. The molecule has 0 radical (unpaired) electrons. The number of nitrogens with one attached hydrogen (secondary N) is 1. The van der Waals surface area contributed by atoms with Crippen molar-refractivity contribution in [2.45, 2.75) is 12.6 Å². The quantitative estimate of drug-likeness (QED) is 0.887. The molecule has 1 amide bonds. The third kappa shape index (κ3) is 3.61. The maximum absolute atomic E-state index is 12.8. The molecule has 3 heterocycles. The van der Waals surface area contributed by atoms with Gasteiger partial charge in [0.25, 0.3) is 0 Å². The summed E-state index contributed by atoms with van der Waals surface area (Å²) in [4.78, 5) is 23.1. The van der Waals surface area contributed by atoms with Gasteiger partial charge in [-0.1, -0.05) is 0 Å². The Hall–Kier alpha value is -1.90. The number of amides is 1. The molecular formula is C15H20F3N5O. The first-order valence-corrected chi connectivity index (χ1v) is 7.95. The molecule has 0 unspecified atom stereocenters. The molecule has 1 N–H and O–H groups in total. The fourth-order valence-electron chi connectivity index (χ4n) is 3.49. The van der Waals surface area contributed by atoms with Crippen molar-refractivity contribution in [3.8, 4) is 0 Å². The SMILES string of the molecule is CNC(=O)CN1CC[C@H]2CN(c3nccc(C(F)(F)F)n3)C[C@H]2C1. The Bertz CT molecular complexity index is 609. The zero-order chi connectivity index (χ0) is 17.3. The molecular weight excluding hydrogens is 323 g/mol. The Labute approximate surface area is 138 Å². The van der Waals surface area contributed by atoms with Crippen LogP contribution in [0.3, 0.4) is 0 Å². The monoisotopic (exact) mass is 343 g/mol. The van der Waals surface area contributed by atoms with Gasteiger partial charge in [0.05, 0.1) is 6.54 Å². The van der Waals surface area contributed by atoms with Crippen molar-refractivity contribution < 1.29 is 18.0 Å². The lowest BCUT2D eigenvalue weighted by Gasteiger charge is -2.33. The standard InChI is InChI=1S/C15H20F3N5O/c1-19-13(24)9-22-5-3-10-7-23(8-11(10)6-22)14-20-4-2-12(21-14)15(16,17)18/h2,4,10-11H,3,5-9H2,1H3,(H,19,24)/t10-,11+/m0/s1. The molecule has 2 atom stereocenters. The third-order valence-corrected chi connectivity index (χ3v) is 4.75. The number of carbonyl (C=O) groups is 1. The third-order valence-electron chi connectivity index (χ3n) is 4.75. The average molecular weight is 343 g/mol. The van der Waals surface area contributed by atoms with E-state index in [2.05, 4.69) is 20.2 Å². The predicted molar refractivity (Wildman–Crippen MR) is 81.4 cm³/mol. The van der Waals surface area contributed by atoms with Crippen molar-refractivity contribution >= 4 is 11.9 Å². The van der Waals surface area contributed by atoms with Gasteiger partial charge in [-0.05, 0) is 30.9 Å². The van der Waals surface area contributed by atoms with Gasteiger partial charge in [0.2, 0.25) is 11.9 Å². The Morgan fingerprint density at radius 2 is 2.08 bits per heavy atom. The van der Waals surface area contributed by atoms with Gasteiger partial charge in [0, 0.05) is 32.9 Å². The van der Waals surface area contributed by atoms with Crippen molar-refractivity contribution in [1.29, 1.82) is 0 Å². The summed E-state index contributed by atoms with van der Waals surface area (Å²) in [6.07, 6.45) is -2.38. The topological polar surface area (TPSA) is 61.4 Å². The van der Waals surface area contributed by atoms with E-state index in [0.717, 1.165) is 31.8 Å². The van der Waals surface area contributed by atoms with E-state index in [1.54, 1.807) is 7.05 Å². The number of halogens is 3. The lowest BCUT2D eigenvalue weighted by molar-refractivity contribution is -0.141. The molecule has 0 aliphatic carbocycles. The fraction of sp³-hybridized carbons (Fsp3) is 0.667. The van der Waals surface area contributed by atoms with Gasteiger partial charge in [-0.3, -0.25) is 9.69 Å². The van der Waals surface area contributed by atoms with Crippen molar-refractivity contribution in [3.63, 3.8) is 0 Å². The minimum atomic E-state index is -4.46. The van der Waals surface area contributed by atoms with E-state index in [-0.39, 0.29) is 11.9 Å². The number of alkyl halides is 3. The second-order valence-electron chi connectivity index (χ2n) is 6.36. The molecule has 24 heavy (non-hydrogen) atoms. The fourth-order valence-corrected chi connectivity index (χ4v) is 3.49. The van der Waals surface area contributed by atoms with Gasteiger partial charge >= 0.3 is 6.18 Å². The lowest BCUT2D eigenvalue weighted by atomic mass is 9.89. The first-order chi connectivity index (χ1) is 11.4. The molecule has 132 valence electrons. The molecule has 0 aromatic carbocycles. The Morgan fingerprint density at radius 1 is 1.33 bits per heavy atom. The van der Waals surface area contributed by atoms with Gasteiger partial charge < -0.3 is 10.2 Å². The minimum absolute atomic E-state index is 0.0236. The van der Waals surface area contributed by atoms with E-state index in [4.69, 9.17) is 0 Å². The van der Waals surface area contributed by atoms with Crippen LogP contribution in [0.15, 0.2) is 12.3 Å². The summed E-state index contributed by atoms with van der Waals surface area (Å²) in [5, 5.41) is 2.61. The van der Waals surface area contributed by atoms with Crippen LogP contribution in [0, 0.1) is 11.8 Å². The minimum Gasteiger partial charge on any atom is -0.358 e. The summed E-state index contributed by atoms with van der Waals surface area (Å²) in [7, 11) is 1.61. The number of aromatic nitrogens is 2. The van der Waals surface area contributed by atoms with E-state index in [0.29, 0.717) is 31.5 Å². The van der Waals surface area contributed by atoms with Crippen molar-refractivity contribution in [2.75, 3.05) is 44.7 Å². The summed E-state index contributed by atoms with van der Waals surface area (Å²) in [5.74, 6) is 0.840. The van der Waals surface area contributed by atoms with E-state index in [9.17, 15) is 18.0 Å². The van der Waals surface area contributed by atoms with E-state index < -0.39 is 11.9 Å². The van der Waals surface area contributed by atoms with Gasteiger partial charge in [-0.25, -0.2) is 9.97 Å². The van der Waals surface area contributed by atoms with Crippen molar-refractivity contribution in [1.82, 2.24) is 20.2 Å². The van der Waals surface area contributed by atoms with Gasteiger partial charge in [-0.15, -0.1) is 0 Å². The van der Waals surface area contributed by atoms with Gasteiger partial charge in [0.15, 0.2) is 0 Å².